The lowest BCUT2D eigenvalue weighted by Gasteiger charge is -2.20. The fourth-order valence-electron chi connectivity index (χ4n) is 3.60. The van der Waals surface area contributed by atoms with Crippen LogP contribution < -0.4 is 5.46 Å². The van der Waals surface area contributed by atoms with Crippen LogP contribution in [0.15, 0.2) is 66.7 Å². The Labute approximate surface area is 133 Å². The normalized spacial score (nSPS) is 13.9. The van der Waals surface area contributed by atoms with Crippen LogP contribution in [0, 0.1) is 0 Å². The number of hydrogen-bond donors (Lipinski definition) is 1. The molecular weight excluding hydrogens is 285 g/mol. The van der Waals surface area contributed by atoms with E-state index >= 15 is 0 Å². The largest absolute Gasteiger partial charge is 0.493 e. The van der Waals surface area contributed by atoms with Gasteiger partial charge in [-0.1, -0.05) is 54.6 Å². The molecule has 1 aliphatic rings. The average molecular weight is 299 g/mol. The van der Waals surface area contributed by atoms with Gasteiger partial charge in [0.1, 0.15) is 0 Å². The minimum absolute atomic E-state index is 0.389. The predicted molar refractivity (Wildman–Crippen MR) is 93.2 cm³/mol. The van der Waals surface area contributed by atoms with E-state index in [1.807, 2.05) is 24.3 Å². The van der Waals surface area contributed by atoms with Crippen LogP contribution in [0.1, 0.15) is 5.56 Å². The molecule has 3 aromatic carbocycles. The van der Waals surface area contributed by atoms with Gasteiger partial charge in [0.2, 0.25) is 0 Å². The fraction of sp³-hybridized carbons (Fsp3) is 0.0526. The van der Waals surface area contributed by atoms with E-state index < -0.39 is 7.12 Å². The zero-order valence-electron chi connectivity index (χ0n) is 12.4. The monoisotopic (exact) mass is 299 g/mol. The number of benzene rings is 3. The molecule has 0 fully saturated rings. The van der Waals surface area contributed by atoms with Gasteiger partial charge in [0.05, 0.1) is 23.3 Å². The molecule has 4 heteroatoms. The lowest BCUT2D eigenvalue weighted by molar-refractivity contribution is 0.259. The van der Waals surface area contributed by atoms with Gasteiger partial charge in [-0.05, 0) is 12.1 Å². The highest BCUT2D eigenvalue weighted by Crippen LogP contribution is 2.33. The Balaban J connectivity index is 2.07. The zero-order valence-corrected chi connectivity index (χ0v) is 12.4. The van der Waals surface area contributed by atoms with Gasteiger partial charge in [-0.15, -0.1) is 0 Å². The molecule has 0 saturated carbocycles. The highest BCUT2D eigenvalue weighted by Gasteiger charge is 2.27. The summed E-state index contributed by atoms with van der Waals surface area (Å²) in [7, 11) is -0.921. The number of nitrogens with zero attached hydrogens (tertiary/aromatic N) is 1. The summed E-state index contributed by atoms with van der Waals surface area (Å²) in [6.45, 7) is 0.389. The van der Waals surface area contributed by atoms with Crippen molar-refractivity contribution in [3.63, 3.8) is 0 Å². The zero-order chi connectivity index (χ0) is 15.4. The fourth-order valence-corrected chi connectivity index (χ4v) is 3.60. The summed E-state index contributed by atoms with van der Waals surface area (Å²) in [5, 5.41) is 12.8. The third-order valence-electron chi connectivity index (χ3n) is 4.62. The number of para-hydroxylation sites is 3. The van der Waals surface area contributed by atoms with Crippen molar-refractivity contribution < 1.29 is 9.68 Å². The summed E-state index contributed by atoms with van der Waals surface area (Å²) in [6.07, 6.45) is 0. The smallest absolute Gasteiger partial charge is 0.423 e. The summed E-state index contributed by atoms with van der Waals surface area (Å²) in [6, 6.07) is 22.6. The molecule has 0 amide bonds. The van der Waals surface area contributed by atoms with Crippen molar-refractivity contribution in [3.8, 4) is 5.69 Å². The molecule has 1 aliphatic heterocycles. The molecular formula is C19H14BNO2. The summed E-state index contributed by atoms with van der Waals surface area (Å²) in [5.41, 5.74) is 5.17. The Hall–Kier alpha value is -2.56. The maximum atomic E-state index is 10.5. The molecule has 0 radical (unpaired) electrons. The third kappa shape index (κ3) is 1.73. The van der Waals surface area contributed by atoms with E-state index in [1.54, 1.807) is 0 Å². The van der Waals surface area contributed by atoms with Crippen LogP contribution in [0.5, 0.6) is 0 Å². The number of aromatic nitrogens is 1. The van der Waals surface area contributed by atoms with E-state index in [-0.39, 0.29) is 0 Å². The number of rotatable bonds is 0. The van der Waals surface area contributed by atoms with Gasteiger partial charge in [0.15, 0.2) is 0 Å². The molecule has 3 nitrogen and oxygen atoms in total. The van der Waals surface area contributed by atoms with Gasteiger partial charge in [-0.25, -0.2) is 0 Å². The Morgan fingerprint density at radius 3 is 2.61 bits per heavy atom. The Kier molecular flexibility index (Phi) is 2.65. The van der Waals surface area contributed by atoms with Crippen molar-refractivity contribution in [2.45, 2.75) is 6.61 Å². The van der Waals surface area contributed by atoms with Crippen molar-refractivity contribution in [1.29, 1.82) is 0 Å². The van der Waals surface area contributed by atoms with Gasteiger partial charge in [0, 0.05) is 21.8 Å². The molecule has 110 valence electrons. The number of hydrogen-bond acceptors (Lipinski definition) is 2. The first-order chi connectivity index (χ1) is 11.3. The second kappa shape index (κ2) is 4.72. The van der Waals surface area contributed by atoms with Gasteiger partial charge in [-0.3, -0.25) is 0 Å². The van der Waals surface area contributed by atoms with E-state index in [2.05, 4.69) is 47.0 Å². The van der Waals surface area contributed by atoms with Crippen molar-refractivity contribution in [2.24, 2.45) is 0 Å². The lowest BCUT2D eigenvalue weighted by Crippen LogP contribution is -2.36. The second-order valence-electron chi connectivity index (χ2n) is 5.89. The molecule has 4 aromatic rings. The van der Waals surface area contributed by atoms with Crippen molar-refractivity contribution >= 4 is 34.4 Å². The first-order valence-electron chi connectivity index (χ1n) is 7.74. The molecule has 0 aliphatic carbocycles. The molecule has 2 heterocycles. The third-order valence-corrected chi connectivity index (χ3v) is 4.62. The first kappa shape index (κ1) is 12.9. The van der Waals surface area contributed by atoms with Gasteiger partial charge < -0.3 is 14.2 Å². The molecule has 0 atom stereocenters. The van der Waals surface area contributed by atoms with Gasteiger partial charge in [0.25, 0.3) is 0 Å². The quantitative estimate of drug-likeness (QED) is 0.507. The van der Waals surface area contributed by atoms with Crippen LogP contribution in [0.25, 0.3) is 27.5 Å². The van der Waals surface area contributed by atoms with E-state index in [1.165, 1.54) is 5.39 Å². The second-order valence-corrected chi connectivity index (χ2v) is 5.89. The molecule has 0 unspecified atom stereocenters. The topological polar surface area (TPSA) is 34.4 Å². The van der Waals surface area contributed by atoms with Crippen molar-refractivity contribution in [2.75, 3.05) is 0 Å². The Bertz CT molecular complexity index is 1050. The summed E-state index contributed by atoms with van der Waals surface area (Å²) in [4.78, 5) is 0. The van der Waals surface area contributed by atoms with Crippen molar-refractivity contribution in [3.05, 3.63) is 72.3 Å². The van der Waals surface area contributed by atoms with E-state index in [0.29, 0.717) is 6.61 Å². The Morgan fingerprint density at radius 2 is 1.65 bits per heavy atom. The van der Waals surface area contributed by atoms with Gasteiger partial charge in [-0.2, -0.15) is 0 Å². The SMILES string of the molecule is OB1OCc2ccccc2-n2c3ccccc3c3cccc1c32. The summed E-state index contributed by atoms with van der Waals surface area (Å²) in [5.74, 6) is 0. The minimum atomic E-state index is -0.921. The van der Waals surface area contributed by atoms with Gasteiger partial charge >= 0.3 is 7.12 Å². The highest BCUT2D eigenvalue weighted by molar-refractivity contribution is 6.63. The lowest BCUT2D eigenvalue weighted by atomic mass is 9.77. The van der Waals surface area contributed by atoms with Crippen LogP contribution >= 0.6 is 0 Å². The highest BCUT2D eigenvalue weighted by atomic mass is 16.5. The van der Waals surface area contributed by atoms with Crippen LogP contribution in [0.2, 0.25) is 0 Å². The maximum Gasteiger partial charge on any atom is 0.493 e. The van der Waals surface area contributed by atoms with Crippen LogP contribution in [0.4, 0.5) is 0 Å². The van der Waals surface area contributed by atoms with E-state index in [0.717, 1.165) is 33.1 Å². The predicted octanol–water partition coefficient (Wildman–Crippen LogP) is 3.00. The first-order valence-corrected chi connectivity index (χ1v) is 7.74. The Morgan fingerprint density at radius 1 is 0.870 bits per heavy atom. The summed E-state index contributed by atoms with van der Waals surface area (Å²) >= 11 is 0. The molecule has 23 heavy (non-hydrogen) atoms. The maximum absolute atomic E-state index is 10.5. The van der Waals surface area contributed by atoms with Crippen LogP contribution in [-0.2, 0) is 11.3 Å². The van der Waals surface area contributed by atoms with E-state index in [4.69, 9.17) is 4.65 Å². The molecule has 0 bridgehead atoms. The van der Waals surface area contributed by atoms with Crippen molar-refractivity contribution in [1.82, 2.24) is 4.57 Å². The molecule has 0 saturated heterocycles. The average Bonchev–Trinajstić information content (AvgIpc) is 2.93. The molecule has 1 aromatic heterocycles. The van der Waals surface area contributed by atoms with E-state index in [9.17, 15) is 5.02 Å². The van der Waals surface area contributed by atoms with Crippen LogP contribution in [0.3, 0.4) is 0 Å². The van der Waals surface area contributed by atoms with Crippen LogP contribution in [-0.4, -0.2) is 16.7 Å². The molecule has 0 spiro atoms. The minimum Gasteiger partial charge on any atom is -0.423 e. The summed E-state index contributed by atoms with van der Waals surface area (Å²) < 4.78 is 7.95. The standard InChI is InChI=1S/C19H14BNO2/c22-20-16-9-5-8-15-14-7-2-4-11-18(14)21(19(15)16)17-10-3-1-6-13(17)12-23-20/h1-11,22H,12H2. The molecule has 1 N–H and O–H groups in total. The molecule has 5 rings (SSSR count). The number of fused-ring (bicyclic) bond motifs is 5.